The molecule has 1 amide bonds. The van der Waals surface area contributed by atoms with Crippen molar-refractivity contribution in [2.75, 3.05) is 5.32 Å². The van der Waals surface area contributed by atoms with Crippen molar-refractivity contribution >= 4 is 46.0 Å². The van der Waals surface area contributed by atoms with E-state index < -0.39 is 17.8 Å². The van der Waals surface area contributed by atoms with E-state index in [4.69, 9.17) is 16.7 Å². The van der Waals surface area contributed by atoms with Gasteiger partial charge in [0.1, 0.15) is 5.92 Å². The fourth-order valence-corrected chi connectivity index (χ4v) is 3.51. The molecule has 116 valence electrons. The van der Waals surface area contributed by atoms with Crippen molar-refractivity contribution in [3.05, 3.63) is 58.6 Å². The van der Waals surface area contributed by atoms with Crippen molar-refractivity contribution in [3.8, 4) is 0 Å². The maximum absolute atomic E-state index is 12.4. The number of carboxylic acids is 1. The number of halogens is 1. The minimum absolute atomic E-state index is 0.0413. The molecule has 5 nitrogen and oxygen atoms in total. The molecule has 1 unspecified atom stereocenters. The molecule has 0 radical (unpaired) electrons. The Hall–Kier alpha value is -2.31. The number of aromatic carboxylic acids is 1. The summed E-state index contributed by atoms with van der Waals surface area (Å²) in [7, 11) is 0. The zero-order chi connectivity index (χ0) is 16.6. The highest BCUT2D eigenvalue weighted by atomic mass is 35.5. The Bertz CT molecular complexity index is 837. The van der Waals surface area contributed by atoms with Crippen LogP contribution in [-0.4, -0.2) is 22.1 Å². The molecule has 1 heterocycles. The van der Waals surface area contributed by atoms with Crippen LogP contribution in [0.2, 0.25) is 5.02 Å². The number of rotatable bonds is 3. The second-order valence-corrected chi connectivity index (χ2v) is 6.39. The zero-order valence-electron chi connectivity index (χ0n) is 11.6. The SMILES string of the molecule is O=C(O)c1ccc2c(c1)C(C(=O)Nc1cccc(Cl)c1)C(=O)S2. The second-order valence-electron chi connectivity index (χ2n) is 4.91. The Balaban J connectivity index is 1.91. The first-order valence-corrected chi connectivity index (χ1v) is 7.80. The molecule has 3 rings (SSSR count). The van der Waals surface area contributed by atoms with E-state index in [0.29, 0.717) is 21.2 Å². The quantitative estimate of drug-likeness (QED) is 0.831. The normalized spacial score (nSPS) is 16.0. The molecule has 2 aromatic rings. The first kappa shape index (κ1) is 15.6. The molecular weight excluding hydrogens is 338 g/mol. The number of carboxylic acid groups (broad SMARTS) is 1. The molecule has 0 saturated carbocycles. The van der Waals surface area contributed by atoms with Crippen LogP contribution in [0.1, 0.15) is 21.8 Å². The van der Waals surface area contributed by atoms with E-state index in [0.717, 1.165) is 11.8 Å². The first-order chi connectivity index (χ1) is 11.0. The number of carbonyl (C=O) groups is 3. The number of hydrogen-bond donors (Lipinski definition) is 2. The summed E-state index contributed by atoms with van der Waals surface area (Å²) in [5.74, 6) is -2.65. The van der Waals surface area contributed by atoms with E-state index in [1.165, 1.54) is 12.1 Å². The Morgan fingerprint density at radius 1 is 1.17 bits per heavy atom. The van der Waals surface area contributed by atoms with E-state index >= 15 is 0 Å². The van der Waals surface area contributed by atoms with Crippen molar-refractivity contribution < 1.29 is 19.5 Å². The summed E-state index contributed by atoms with van der Waals surface area (Å²) in [6, 6.07) is 10.9. The number of carbonyl (C=O) groups excluding carboxylic acids is 2. The third kappa shape index (κ3) is 3.09. The van der Waals surface area contributed by atoms with Crippen molar-refractivity contribution in [1.82, 2.24) is 0 Å². The van der Waals surface area contributed by atoms with E-state index in [2.05, 4.69) is 5.32 Å². The molecule has 2 aromatic carbocycles. The van der Waals surface area contributed by atoms with Gasteiger partial charge in [-0.3, -0.25) is 9.59 Å². The van der Waals surface area contributed by atoms with E-state index in [1.54, 1.807) is 30.3 Å². The largest absolute Gasteiger partial charge is 0.478 e. The molecule has 1 atom stereocenters. The lowest BCUT2D eigenvalue weighted by Crippen LogP contribution is -2.24. The number of fused-ring (bicyclic) bond motifs is 1. The smallest absolute Gasteiger partial charge is 0.335 e. The highest BCUT2D eigenvalue weighted by molar-refractivity contribution is 8.14. The summed E-state index contributed by atoms with van der Waals surface area (Å²) < 4.78 is 0. The molecule has 2 N–H and O–H groups in total. The number of anilines is 1. The Morgan fingerprint density at radius 3 is 2.65 bits per heavy atom. The van der Waals surface area contributed by atoms with Crippen LogP contribution >= 0.6 is 23.4 Å². The van der Waals surface area contributed by atoms with Crippen LogP contribution in [0.15, 0.2) is 47.4 Å². The van der Waals surface area contributed by atoms with Crippen LogP contribution in [0.3, 0.4) is 0 Å². The highest BCUT2D eigenvalue weighted by Crippen LogP contribution is 2.42. The number of benzene rings is 2. The van der Waals surface area contributed by atoms with Crippen molar-refractivity contribution in [2.24, 2.45) is 0 Å². The molecule has 0 aromatic heterocycles. The lowest BCUT2D eigenvalue weighted by molar-refractivity contribution is -0.123. The van der Waals surface area contributed by atoms with Crippen molar-refractivity contribution in [3.63, 3.8) is 0 Å². The highest BCUT2D eigenvalue weighted by Gasteiger charge is 2.37. The predicted molar refractivity (Wildman–Crippen MR) is 87.1 cm³/mol. The van der Waals surface area contributed by atoms with Crippen molar-refractivity contribution in [1.29, 1.82) is 0 Å². The molecule has 0 aliphatic carbocycles. The molecule has 0 fully saturated rings. The monoisotopic (exact) mass is 347 g/mol. The van der Waals surface area contributed by atoms with E-state index in [1.807, 2.05) is 0 Å². The van der Waals surface area contributed by atoms with Gasteiger partial charge in [-0.05, 0) is 42.0 Å². The third-order valence-corrected chi connectivity index (χ3v) is 4.63. The number of hydrogen-bond acceptors (Lipinski definition) is 4. The van der Waals surface area contributed by atoms with E-state index in [-0.39, 0.29) is 10.7 Å². The lowest BCUT2D eigenvalue weighted by atomic mass is 9.97. The topological polar surface area (TPSA) is 83.5 Å². The summed E-state index contributed by atoms with van der Waals surface area (Å²) in [6.45, 7) is 0. The van der Waals surface area contributed by atoms with Gasteiger partial charge in [-0.2, -0.15) is 0 Å². The second kappa shape index (κ2) is 6.06. The fraction of sp³-hybridized carbons (Fsp3) is 0.0625. The molecule has 23 heavy (non-hydrogen) atoms. The summed E-state index contributed by atoms with van der Waals surface area (Å²) in [5.41, 5.74) is 0.933. The van der Waals surface area contributed by atoms with Gasteiger partial charge in [-0.1, -0.05) is 29.4 Å². The third-order valence-electron chi connectivity index (χ3n) is 3.37. The van der Waals surface area contributed by atoms with Gasteiger partial charge in [0.25, 0.3) is 0 Å². The van der Waals surface area contributed by atoms with Crippen molar-refractivity contribution in [2.45, 2.75) is 10.8 Å². The molecule has 0 bridgehead atoms. The van der Waals surface area contributed by atoms with Gasteiger partial charge in [0.2, 0.25) is 11.0 Å². The van der Waals surface area contributed by atoms with Crippen LogP contribution in [0.5, 0.6) is 0 Å². The molecule has 1 aliphatic heterocycles. The summed E-state index contributed by atoms with van der Waals surface area (Å²) in [6.07, 6.45) is 0. The van der Waals surface area contributed by atoms with Crippen LogP contribution in [0.4, 0.5) is 5.69 Å². The van der Waals surface area contributed by atoms with Crippen LogP contribution in [0.25, 0.3) is 0 Å². The van der Waals surface area contributed by atoms with Crippen LogP contribution < -0.4 is 5.32 Å². The summed E-state index contributed by atoms with van der Waals surface area (Å²) >= 11 is 6.81. The van der Waals surface area contributed by atoms with Gasteiger partial charge in [0.05, 0.1) is 5.56 Å². The van der Waals surface area contributed by atoms with Gasteiger partial charge >= 0.3 is 5.97 Å². The summed E-state index contributed by atoms with van der Waals surface area (Å²) in [5, 5.41) is 11.8. The minimum Gasteiger partial charge on any atom is -0.478 e. The molecule has 0 saturated heterocycles. The van der Waals surface area contributed by atoms with Gasteiger partial charge in [-0.25, -0.2) is 4.79 Å². The number of thioether (sulfide) groups is 1. The maximum Gasteiger partial charge on any atom is 0.335 e. The van der Waals surface area contributed by atoms with Crippen LogP contribution in [-0.2, 0) is 9.59 Å². The fourth-order valence-electron chi connectivity index (χ4n) is 2.32. The Morgan fingerprint density at radius 2 is 1.96 bits per heavy atom. The maximum atomic E-state index is 12.4. The van der Waals surface area contributed by atoms with Gasteiger partial charge < -0.3 is 10.4 Å². The molecule has 0 spiro atoms. The lowest BCUT2D eigenvalue weighted by Gasteiger charge is -2.11. The summed E-state index contributed by atoms with van der Waals surface area (Å²) in [4.78, 5) is 36.3. The number of amides is 1. The average Bonchev–Trinajstić information content (AvgIpc) is 2.81. The standard InChI is InChI=1S/C16H10ClNO4S/c17-9-2-1-3-10(7-9)18-14(19)13-11-6-8(15(20)21)4-5-12(11)23-16(13)22/h1-7,13H,(H,18,19)(H,20,21). The molecule has 7 heteroatoms. The Kier molecular flexibility index (Phi) is 4.11. The van der Waals surface area contributed by atoms with Gasteiger partial charge in [0, 0.05) is 15.6 Å². The first-order valence-electron chi connectivity index (χ1n) is 6.61. The van der Waals surface area contributed by atoms with Crippen LogP contribution in [0, 0.1) is 0 Å². The minimum atomic E-state index is -1.11. The van der Waals surface area contributed by atoms with E-state index in [9.17, 15) is 14.4 Å². The zero-order valence-corrected chi connectivity index (χ0v) is 13.1. The molecular formula is C16H10ClNO4S. The predicted octanol–water partition coefficient (Wildman–Crippen LogP) is 3.39. The van der Waals surface area contributed by atoms with Gasteiger partial charge in [0.15, 0.2) is 0 Å². The van der Waals surface area contributed by atoms with Gasteiger partial charge in [-0.15, -0.1) is 0 Å². The average molecular weight is 348 g/mol. The Labute approximate surface area is 140 Å². The number of nitrogens with one attached hydrogen (secondary N) is 1. The molecule has 1 aliphatic rings.